The van der Waals surface area contributed by atoms with Crippen LogP contribution in [0, 0.1) is 12.8 Å². The topological polar surface area (TPSA) is 38.0 Å². The van der Waals surface area contributed by atoms with Crippen molar-refractivity contribution in [2.75, 3.05) is 11.1 Å². The maximum Gasteiger partial charge on any atom is 0.0620 e. The van der Waals surface area contributed by atoms with Crippen molar-refractivity contribution in [3.05, 3.63) is 22.7 Å². The van der Waals surface area contributed by atoms with Gasteiger partial charge in [-0.3, -0.25) is 0 Å². The van der Waals surface area contributed by atoms with Crippen LogP contribution in [0.5, 0.6) is 0 Å². The number of halogens is 1. The van der Waals surface area contributed by atoms with Crippen LogP contribution in [0.3, 0.4) is 0 Å². The van der Waals surface area contributed by atoms with Crippen LogP contribution in [-0.4, -0.2) is 6.04 Å². The molecule has 0 spiro atoms. The lowest BCUT2D eigenvalue weighted by Crippen LogP contribution is -2.07. The highest BCUT2D eigenvalue weighted by atomic mass is 35.5. The number of anilines is 2. The van der Waals surface area contributed by atoms with E-state index in [4.69, 9.17) is 17.3 Å². The zero-order chi connectivity index (χ0) is 10.3. The zero-order valence-corrected chi connectivity index (χ0v) is 9.23. The lowest BCUT2D eigenvalue weighted by atomic mass is 10.1. The number of rotatable bonds is 2. The second-order valence-electron chi connectivity index (χ2n) is 4.10. The molecule has 76 valence electrons. The van der Waals surface area contributed by atoms with E-state index in [-0.39, 0.29) is 0 Å². The molecule has 0 amide bonds. The first-order chi connectivity index (χ1) is 6.59. The number of nitrogens with one attached hydrogen (secondary N) is 1. The molecule has 0 heterocycles. The number of nitrogens with two attached hydrogens (primary N) is 1. The molecule has 1 fully saturated rings. The van der Waals surface area contributed by atoms with E-state index >= 15 is 0 Å². The summed E-state index contributed by atoms with van der Waals surface area (Å²) in [6.07, 6.45) is 1.23. The van der Waals surface area contributed by atoms with E-state index in [1.165, 1.54) is 6.42 Å². The molecule has 3 heteroatoms. The second-order valence-corrected chi connectivity index (χ2v) is 4.51. The van der Waals surface area contributed by atoms with Crippen LogP contribution >= 0.6 is 11.6 Å². The molecule has 2 rings (SSSR count). The van der Waals surface area contributed by atoms with Gasteiger partial charge in [-0.2, -0.15) is 0 Å². The quantitative estimate of drug-likeness (QED) is 0.737. The lowest BCUT2D eigenvalue weighted by Gasteiger charge is -2.13. The summed E-state index contributed by atoms with van der Waals surface area (Å²) in [5.41, 5.74) is 8.73. The van der Waals surface area contributed by atoms with Crippen LogP contribution in [-0.2, 0) is 0 Å². The van der Waals surface area contributed by atoms with E-state index in [0.717, 1.165) is 27.9 Å². The number of hydrogen-bond acceptors (Lipinski definition) is 2. The smallest absolute Gasteiger partial charge is 0.0620 e. The monoisotopic (exact) mass is 210 g/mol. The van der Waals surface area contributed by atoms with Gasteiger partial charge in [0, 0.05) is 11.1 Å². The van der Waals surface area contributed by atoms with Crippen molar-refractivity contribution in [2.45, 2.75) is 26.3 Å². The third-order valence-electron chi connectivity index (χ3n) is 2.87. The van der Waals surface area contributed by atoms with Crippen LogP contribution in [0.15, 0.2) is 12.1 Å². The van der Waals surface area contributed by atoms with Crippen molar-refractivity contribution in [3.8, 4) is 0 Å². The Hall–Kier alpha value is -0.890. The Morgan fingerprint density at radius 1 is 1.50 bits per heavy atom. The summed E-state index contributed by atoms with van der Waals surface area (Å²) in [6.45, 7) is 4.22. The van der Waals surface area contributed by atoms with Crippen molar-refractivity contribution in [3.63, 3.8) is 0 Å². The van der Waals surface area contributed by atoms with Crippen LogP contribution < -0.4 is 11.1 Å². The minimum absolute atomic E-state index is 0.578. The normalized spacial score (nSPS) is 24.8. The highest BCUT2D eigenvalue weighted by molar-refractivity contribution is 6.31. The molecular weight excluding hydrogens is 196 g/mol. The van der Waals surface area contributed by atoms with Gasteiger partial charge in [0.25, 0.3) is 0 Å². The zero-order valence-electron chi connectivity index (χ0n) is 8.47. The minimum Gasteiger partial charge on any atom is -0.397 e. The van der Waals surface area contributed by atoms with Crippen LogP contribution in [0.2, 0.25) is 5.02 Å². The fourth-order valence-corrected chi connectivity index (χ4v) is 1.76. The summed E-state index contributed by atoms with van der Waals surface area (Å²) in [6, 6.07) is 4.27. The summed E-state index contributed by atoms with van der Waals surface area (Å²) in [5.74, 6) is 0.757. The molecule has 3 N–H and O–H groups in total. The second kappa shape index (κ2) is 3.35. The predicted molar refractivity (Wildman–Crippen MR) is 61.8 cm³/mol. The van der Waals surface area contributed by atoms with E-state index in [9.17, 15) is 0 Å². The average molecular weight is 211 g/mol. The summed E-state index contributed by atoms with van der Waals surface area (Å²) in [7, 11) is 0. The van der Waals surface area contributed by atoms with Gasteiger partial charge in [0.15, 0.2) is 0 Å². The number of hydrogen-bond donors (Lipinski definition) is 2. The molecule has 2 atom stereocenters. The van der Waals surface area contributed by atoms with Crippen molar-refractivity contribution in [1.29, 1.82) is 0 Å². The fourth-order valence-electron chi connectivity index (χ4n) is 1.61. The largest absolute Gasteiger partial charge is 0.397 e. The number of nitrogen functional groups attached to an aromatic ring is 1. The third-order valence-corrected chi connectivity index (χ3v) is 3.28. The molecule has 1 saturated carbocycles. The molecule has 0 saturated heterocycles. The lowest BCUT2D eigenvalue weighted by molar-refractivity contribution is 0.928. The molecule has 0 aromatic heterocycles. The SMILES string of the molecule is Cc1c(Cl)ccc(N)c1NC1CC1C. The van der Waals surface area contributed by atoms with Crippen LogP contribution in [0.4, 0.5) is 11.4 Å². The molecule has 2 unspecified atom stereocenters. The van der Waals surface area contributed by atoms with Gasteiger partial charge in [-0.1, -0.05) is 18.5 Å². The average Bonchev–Trinajstić information content (AvgIpc) is 2.83. The first-order valence-corrected chi connectivity index (χ1v) is 5.28. The summed E-state index contributed by atoms with van der Waals surface area (Å²) in [5, 5.41) is 4.21. The van der Waals surface area contributed by atoms with Crippen LogP contribution in [0.25, 0.3) is 0 Å². The molecule has 0 aliphatic heterocycles. The molecule has 2 nitrogen and oxygen atoms in total. The Morgan fingerprint density at radius 3 is 2.71 bits per heavy atom. The highest BCUT2D eigenvalue weighted by Gasteiger charge is 2.33. The van der Waals surface area contributed by atoms with E-state index in [0.29, 0.717) is 6.04 Å². The van der Waals surface area contributed by atoms with E-state index in [2.05, 4.69) is 12.2 Å². The maximum absolute atomic E-state index is 6.03. The van der Waals surface area contributed by atoms with E-state index in [1.54, 1.807) is 0 Å². The van der Waals surface area contributed by atoms with Crippen molar-refractivity contribution < 1.29 is 0 Å². The van der Waals surface area contributed by atoms with Crippen LogP contribution in [0.1, 0.15) is 18.9 Å². The standard InChI is InChI=1S/C11H15ClN2/c1-6-5-10(6)14-11-7(2)8(12)3-4-9(11)13/h3-4,6,10,14H,5,13H2,1-2H3. The number of benzene rings is 1. The van der Waals surface area contributed by atoms with Crippen molar-refractivity contribution >= 4 is 23.0 Å². The van der Waals surface area contributed by atoms with Gasteiger partial charge in [0.05, 0.1) is 11.4 Å². The van der Waals surface area contributed by atoms with E-state index < -0.39 is 0 Å². The Balaban J connectivity index is 2.26. The van der Waals surface area contributed by atoms with Gasteiger partial charge in [-0.15, -0.1) is 0 Å². The van der Waals surface area contributed by atoms with Gasteiger partial charge >= 0.3 is 0 Å². The third kappa shape index (κ3) is 1.67. The molecule has 1 aromatic rings. The first kappa shape index (κ1) is 9.66. The Labute approximate surface area is 89.4 Å². The molecular formula is C11H15ClN2. The summed E-state index contributed by atoms with van der Waals surface area (Å²) in [4.78, 5) is 0. The minimum atomic E-state index is 0.578. The Kier molecular flexibility index (Phi) is 2.31. The van der Waals surface area contributed by atoms with Crippen molar-refractivity contribution in [2.24, 2.45) is 5.92 Å². The molecule has 1 aromatic carbocycles. The Morgan fingerprint density at radius 2 is 2.14 bits per heavy atom. The predicted octanol–water partition coefficient (Wildman–Crippen LogP) is 3.05. The van der Waals surface area contributed by atoms with Gasteiger partial charge in [0.1, 0.15) is 0 Å². The summed E-state index contributed by atoms with van der Waals surface area (Å²) < 4.78 is 0. The first-order valence-electron chi connectivity index (χ1n) is 4.90. The Bertz CT molecular complexity index is 363. The van der Waals surface area contributed by atoms with E-state index in [1.807, 2.05) is 19.1 Å². The van der Waals surface area contributed by atoms with Gasteiger partial charge in [0.2, 0.25) is 0 Å². The fraction of sp³-hybridized carbons (Fsp3) is 0.455. The van der Waals surface area contributed by atoms with Gasteiger partial charge < -0.3 is 11.1 Å². The molecule has 1 aliphatic carbocycles. The molecule has 14 heavy (non-hydrogen) atoms. The summed E-state index contributed by atoms with van der Waals surface area (Å²) >= 11 is 6.03. The highest BCUT2D eigenvalue weighted by Crippen LogP contribution is 2.37. The molecule has 1 aliphatic rings. The molecule has 0 radical (unpaired) electrons. The van der Waals surface area contributed by atoms with Gasteiger partial charge in [-0.05, 0) is 37.0 Å². The molecule has 0 bridgehead atoms. The maximum atomic E-state index is 6.03. The van der Waals surface area contributed by atoms with Crippen molar-refractivity contribution in [1.82, 2.24) is 0 Å². The van der Waals surface area contributed by atoms with Gasteiger partial charge in [-0.25, -0.2) is 0 Å².